The molecular formula is C15H16IN. The molecule has 0 fully saturated rings. The molecule has 1 nitrogen and oxygen atoms in total. The maximum atomic E-state index is 6.31. The van der Waals surface area contributed by atoms with Crippen LogP contribution in [0.2, 0.25) is 0 Å². The summed E-state index contributed by atoms with van der Waals surface area (Å²) < 4.78 is 1.22. The van der Waals surface area contributed by atoms with Crippen molar-refractivity contribution in [3.63, 3.8) is 0 Å². The molecule has 0 aliphatic carbocycles. The van der Waals surface area contributed by atoms with E-state index in [0.717, 1.165) is 6.42 Å². The molecule has 0 aliphatic heterocycles. The fraction of sp³-hybridized carbons (Fsp3) is 0.200. The highest BCUT2D eigenvalue weighted by atomic mass is 127. The maximum Gasteiger partial charge on any atom is 0.0552 e. The standard InChI is InChI=1S/C15H16IN/c1-2-11-5-3-6-12(9-11)15(17)13-7-4-8-14(16)10-13/h3-10,15H,2,17H2,1H3. The highest BCUT2D eigenvalue weighted by Crippen LogP contribution is 2.22. The molecule has 2 aromatic carbocycles. The lowest BCUT2D eigenvalue weighted by atomic mass is 9.97. The van der Waals surface area contributed by atoms with Crippen LogP contribution in [0.4, 0.5) is 0 Å². The minimum Gasteiger partial charge on any atom is -0.320 e. The minimum atomic E-state index is -0.0313. The van der Waals surface area contributed by atoms with Crippen LogP contribution in [0.25, 0.3) is 0 Å². The second-order valence-electron chi connectivity index (χ2n) is 4.13. The molecule has 2 N–H and O–H groups in total. The van der Waals surface area contributed by atoms with Crippen molar-refractivity contribution in [2.24, 2.45) is 5.73 Å². The van der Waals surface area contributed by atoms with Gasteiger partial charge in [-0.15, -0.1) is 0 Å². The zero-order chi connectivity index (χ0) is 12.3. The van der Waals surface area contributed by atoms with Crippen molar-refractivity contribution in [3.8, 4) is 0 Å². The number of aryl methyl sites for hydroxylation is 1. The fourth-order valence-electron chi connectivity index (χ4n) is 1.90. The van der Waals surface area contributed by atoms with E-state index in [0.29, 0.717) is 0 Å². The summed E-state index contributed by atoms with van der Waals surface area (Å²) in [6.07, 6.45) is 1.05. The molecule has 1 unspecified atom stereocenters. The van der Waals surface area contributed by atoms with Crippen LogP contribution >= 0.6 is 22.6 Å². The number of benzene rings is 2. The minimum absolute atomic E-state index is 0.0313. The molecule has 2 rings (SSSR count). The zero-order valence-corrected chi connectivity index (χ0v) is 12.0. The van der Waals surface area contributed by atoms with Gasteiger partial charge in [-0.1, -0.05) is 43.3 Å². The van der Waals surface area contributed by atoms with E-state index < -0.39 is 0 Å². The van der Waals surface area contributed by atoms with Crippen LogP contribution in [0.5, 0.6) is 0 Å². The van der Waals surface area contributed by atoms with E-state index in [2.05, 4.69) is 78.0 Å². The molecule has 0 amide bonds. The van der Waals surface area contributed by atoms with Crippen LogP contribution in [-0.4, -0.2) is 0 Å². The molecule has 0 saturated heterocycles. The lowest BCUT2D eigenvalue weighted by molar-refractivity contribution is 0.866. The Morgan fingerprint density at radius 3 is 2.35 bits per heavy atom. The van der Waals surface area contributed by atoms with Gasteiger partial charge in [-0.05, 0) is 57.8 Å². The lowest BCUT2D eigenvalue weighted by Crippen LogP contribution is -2.12. The first-order valence-corrected chi connectivity index (χ1v) is 6.88. The second-order valence-corrected chi connectivity index (χ2v) is 5.38. The first-order chi connectivity index (χ1) is 8.20. The van der Waals surface area contributed by atoms with Crippen molar-refractivity contribution in [1.29, 1.82) is 0 Å². The second kappa shape index (κ2) is 5.65. The van der Waals surface area contributed by atoms with E-state index >= 15 is 0 Å². The largest absolute Gasteiger partial charge is 0.320 e. The Morgan fingerprint density at radius 1 is 1.06 bits per heavy atom. The summed E-state index contributed by atoms with van der Waals surface area (Å²) in [5, 5.41) is 0. The normalized spacial score (nSPS) is 12.4. The molecule has 0 aliphatic rings. The van der Waals surface area contributed by atoms with Crippen molar-refractivity contribution >= 4 is 22.6 Å². The van der Waals surface area contributed by atoms with Gasteiger partial charge in [0.2, 0.25) is 0 Å². The molecule has 17 heavy (non-hydrogen) atoms. The highest BCUT2D eigenvalue weighted by Gasteiger charge is 2.09. The molecule has 2 aromatic rings. The summed E-state index contributed by atoms with van der Waals surface area (Å²) in [7, 11) is 0. The Hall–Kier alpha value is -0.870. The molecule has 88 valence electrons. The van der Waals surface area contributed by atoms with Crippen LogP contribution in [0.1, 0.15) is 29.7 Å². The third kappa shape index (κ3) is 3.07. The van der Waals surface area contributed by atoms with Crippen molar-refractivity contribution in [2.75, 3.05) is 0 Å². The molecule has 2 heteroatoms. The fourth-order valence-corrected chi connectivity index (χ4v) is 2.47. The van der Waals surface area contributed by atoms with Crippen LogP contribution in [0.15, 0.2) is 48.5 Å². The van der Waals surface area contributed by atoms with Gasteiger partial charge >= 0.3 is 0 Å². The Kier molecular flexibility index (Phi) is 4.18. The average molecular weight is 337 g/mol. The lowest BCUT2D eigenvalue weighted by Gasteiger charge is -2.14. The molecule has 0 aromatic heterocycles. The molecule has 0 heterocycles. The summed E-state index contributed by atoms with van der Waals surface area (Å²) in [5.74, 6) is 0. The Morgan fingerprint density at radius 2 is 1.71 bits per heavy atom. The van der Waals surface area contributed by atoms with Gasteiger partial charge < -0.3 is 5.73 Å². The van der Waals surface area contributed by atoms with Crippen LogP contribution in [0, 0.1) is 3.57 Å². The van der Waals surface area contributed by atoms with Crippen LogP contribution < -0.4 is 5.73 Å². The Labute approximate surface area is 116 Å². The van der Waals surface area contributed by atoms with Crippen molar-refractivity contribution < 1.29 is 0 Å². The maximum absolute atomic E-state index is 6.31. The predicted octanol–water partition coefficient (Wildman–Crippen LogP) is 3.90. The summed E-state index contributed by atoms with van der Waals surface area (Å²) in [5.41, 5.74) is 10.00. The van der Waals surface area contributed by atoms with E-state index in [-0.39, 0.29) is 6.04 Å². The van der Waals surface area contributed by atoms with Gasteiger partial charge in [0.25, 0.3) is 0 Å². The van der Waals surface area contributed by atoms with Crippen LogP contribution in [0.3, 0.4) is 0 Å². The van der Waals surface area contributed by atoms with Crippen molar-refractivity contribution in [3.05, 3.63) is 68.8 Å². The van der Waals surface area contributed by atoms with Gasteiger partial charge in [0.15, 0.2) is 0 Å². The number of hydrogen-bond acceptors (Lipinski definition) is 1. The van der Waals surface area contributed by atoms with Crippen LogP contribution in [-0.2, 0) is 6.42 Å². The Balaban J connectivity index is 2.33. The number of nitrogens with two attached hydrogens (primary N) is 1. The summed E-state index contributed by atoms with van der Waals surface area (Å²) in [4.78, 5) is 0. The number of halogens is 1. The van der Waals surface area contributed by atoms with Crippen molar-refractivity contribution in [1.82, 2.24) is 0 Å². The van der Waals surface area contributed by atoms with E-state index in [9.17, 15) is 0 Å². The number of rotatable bonds is 3. The molecule has 1 atom stereocenters. The van der Waals surface area contributed by atoms with E-state index in [1.54, 1.807) is 0 Å². The van der Waals surface area contributed by atoms with Gasteiger partial charge in [0, 0.05) is 3.57 Å². The average Bonchev–Trinajstić information content (AvgIpc) is 2.38. The van der Waals surface area contributed by atoms with E-state index in [4.69, 9.17) is 5.73 Å². The monoisotopic (exact) mass is 337 g/mol. The molecule has 0 saturated carbocycles. The smallest absolute Gasteiger partial charge is 0.0552 e. The van der Waals surface area contributed by atoms with Gasteiger partial charge in [-0.2, -0.15) is 0 Å². The predicted molar refractivity (Wildman–Crippen MR) is 81.0 cm³/mol. The highest BCUT2D eigenvalue weighted by molar-refractivity contribution is 14.1. The molecule has 0 spiro atoms. The van der Waals surface area contributed by atoms with Crippen molar-refractivity contribution in [2.45, 2.75) is 19.4 Å². The molecule has 0 bridgehead atoms. The van der Waals surface area contributed by atoms with Gasteiger partial charge in [0.05, 0.1) is 6.04 Å². The SMILES string of the molecule is CCc1cccc(C(N)c2cccc(I)c2)c1. The summed E-state index contributed by atoms with van der Waals surface area (Å²) in [6.45, 7) is 2.16. The number of hydrogen-bond donors (Lipinski definition) is 1. The van der Waals surface area contributed by atoms with Gasteiger partial charge in [-0.25, -0.2) is 0 Å². The Bertz CT molecular complexity index is 508. The topological polar surface area (TPSA) is 26.0 Å². The first kappa shape index (κ1) is 12.6. The van der Waals surface area contributed by atoms with E-state index in [1.165, 1.54) is 20.3 Å². The third-order valence-electron chi connectivity index (χ3n) is 2.93. The molecular weight excluding hydrogens is 321 g/mol. The summed E-state index contributed by atoms with van der Waals surface area (Å²) in [6, 6.07) is 16.9. The molecule has 0 radical (unpaired) electrons. The van der Waals surface area contributed by atoms with E-state index in [1.807, 2.05) is 0 Å². The third-order valence-corrected chi connectivity index (χ3v) is 3.60. The van der Waals surface area contributed by atoms with Gasteiger partial charge in [0.1, 0.15) is 0 Å². The van der Waals surface area contributed by atoms with Gasteiger partial charge in [-0.3, -0.25) is 0 Å². The quantitative estimate of drug-likeness (QED) is 0.845. The zero-order valence-electron chi connectivity index (χ0n) is 9.86. The summed E-state index contributed by atoms with van der Waals surface area (Å²) >= 11 is 2.32. The first-order valence-electron chi connectivity index (χ1n) is 5.80.